The van der Waals surface area contributed by atoms with Crippen LogP contribution in [0.4, 0.5) is 5.82 Å². The van der Waals surface area contributed by atoms with Crippen LogP contribution in [0, 0.1) is 5.41 Å². The first kappa shape index (κ1) is 23.5. The van der Waals surface area contributed by atoms with Crippen LogP contribution in [0.2, 0.25) is 0 Å². The first-order valence-electron chi connectivity index (χ1n) is 11.6. The van der Waals surface area contributed by atoms with Gasteiger partial charge in [-0.1, -0.05) is 24.3 Å². The maximum atomic E-state index is 12.7. The van der Waals surface area contributed by atoms with Gasteiger partial charge < -0.3 is 20.8 Å². The molecule has 1 aliphatic heterocycles. The number of carbonyl (C=O) groups excluding carboxylic acids is 1. The van der Waals surface area contributed by atoms with Gasteiger partial charge in [0.1, 0.15) is 11.5 Å². The average molecular weight is 459 g/mol. The first-order chi connectivity index (χ1) is 16.7. The molecule has 176 valence electrons. The first-order valence-corrected chi connectivity index (χ1v) is 11.6. The zero-order valence-electron chi connectivity index (χ0n) is 19.3. The summed E-state index contributed by atoms with van der Waals surface area (Å²) in [5.41, 5.74) is 3.26. The van der Waals surface area contributed by atoms with Crippen LogP contribution in [0.25, 0.3) is 10.9 Å². The van der Waals surface area contributed by atoms with E-state index >= 15 is 0 Å². The molecule has 0 bridgehead atoms. The lowest BCUT2D eigenvalue weighted by molar-refractivity contribution is 0.0903. The zero-order valence-corrected chi connectivity index (χ0v) is 19.3. The molecule has 2 aromatic heterocycles. The summed E-state index contributed by atoms with van der Waals surface area (Å²) in [6.45, 7) is 2.03. The summed E-state index contributed by atoms with van der Waals surface area (Å²) in [6, 6.07) is 13.9. The molecule has 1 saturated heterocycles. The van der Waals surface area contributed by atoms with Gasteiger partial charge in [0.15, 0.2) is 0 Å². The van der Waals surface area contributed by atoms with Gasteiger partial charge in [-0.3, -0.25) is 9.79 Å². The molecule has 1 unspecified atom stereocenters. The maximum Gasteiger partial charge on any atom is 0.269 e. The third-order valence-electron chi connectivity index (χ3n) is 5.93. The topological polar surface area (TPSA) is 112 Å². The van der Waals surface area contributed by atoms with E-state index < -0.39 is 0 Å². The minimum atomic E-state index is -0.197. The van der Waals surface area contributed by atoms with Gasteiger partial charge in [0, 0.05) is 62.9 Å². The average Bonchev–Trinajstić information content (AvgIpc) is 2.88. The smallest absolute Gasteiger partial charge is 0.269 e. The molecule has 0 saturated carbocycles. The Morgan fingerprint density at radius 1 is 1.24 bits per heavy atom. The van der Waals surface area contributed by atoms with Crippen molar-refractivity contribution in [2.75, 3.05) is 32.1 Å². The molecule has 0 aliphatic carbocycles. The number of aromatic nitrogens is 2. The number of amides is 1. The Labute approximate surface area is 199 Å². The van der Waals surface area contributed by atoms with E-state index in [0.29, 0.717) is 24.7 Å². The summed E-state index contributed by atoms with van der Waals surface area (Å²) < 4.78 is 5.41. The number of hydrogen-bond donors (Lipinski definition) is 3. The fraction of sp³-hybridized carbons (Fsp3) is 0.346. The van der Waals surface area contributed by atoms with E-state index in [2.05, 4.69) is 25.6 Å². The summed E-state index contributed by atoms with van der Waals surface area (Å²) in [4.78, 5) is 25.7. The monoisotopic (exact) mass is 458 g/mol. The molecule has 4 rings (SSSR count). The van der Waals surface area contributed by atoms with Crippen molar-refractivity contribution in [3.63, 3.8) is 0 Å². The molecule has 34 heavy (non-hydrogen) atoms. The number of nitrogens with zero attached hydrogens (tertiary/aromatic N) is 3. The highest BCUT2D eigenvalue weighted by Crippen LogP contribution is 2.19. The number of hydrogen-bond acceptors (Lipinski definition) is 7. The zero-order chi connectivity index (χ0) is 23.8. The summed E-state index contributed by atoms with van der Waals surface area (Å²) >= 11 is 0. The number of pyridine rings is 2. The number of aliphatic imine (C=N–C) groups is 1. The molecule has 3 heterocycles. The highest BCUT2D eigenvalue weighted by atomic mass is 16.5. The van der Waals surface area contributed by atoms with Crippen molar-refractivity contribution >= 4 is 35.1 Å². The van der Waals surface area contributed by atoms with Crippen LogP contribution in [0.15, 0.2) is 53.7 Å². The van der Waals surface area contributed by atoms with E-state index in [4.69, 9.17) is 10.1 Å². The molecule has 3 N–H and O–H groups in total. The fourth-order valence-corrected chi connectivity index (χ4v) is 3.98. The third-order valence-corrected chi connectivity index (χ3v) is 5.93. The van der Waals surface area contributed by atoms with Gasteiger partial charge in [0.25, 0.3) is 5.91 Å². The third kappa shape index (κ3) is 6.02. The lowest BCUT2D eigenvalue weighted by Gasteiger charge is -2.23. The normalized spacial score (nSPS) is 15.3. The van der Waals surface area contributed by atoms with Crippen LogP contribution in [-0.2, 0) is 11.2 Å². The minimum absolute atomic E-state index is 0.111. The van der Waals surface area contributed by atoms with Gasteiger partial charge in [0.05, 0.1) is 11.4 Å². The van der Waals surface area contributed by atoms with Crippen LogP contribution >= 0.6 is 0 Å². The predicted molar refractivity (Wildman–Crippen MR) is 135 cm³/mol. The van der Waals surface area contributed by atoms with Crippen molar-refractivity contribution in [1.82, 2.24) is 15.3 Å². The van der Waals surface area contributed by atoms with Gasteiger partial charge in [0.2, 0.25) is 0 Å². The second kappa shape index (κ2) is 11.5. The molecule has 8 heteroatoms. The molecular weight excluding hydrogens is 428 g/mol. The molecule has 1 atom stereocenters. The van der Waals surface area contributed by atoms with Crippen molar-refractivity contribution in [3.05, 3.63) is 65.5 Å². The summed E-state index contributed by atoms with van der Waals surface area (Å²) in [5, 5.41) is 14.8. The molecule has 8 nitrogen and oxygen atoms in total. The molecule has 1 aromatic carbocycles. The Balaban J connectivity index is 1.34. The van der Waals surface area contributed by atoms with Crippen molar-refractivity contribution in [2.45, 2.75) is 31.2 Å². The molecule has 0 spiro atoms. The molecular formula is C26H30N6O2. The Morgan fingerprint density at radius 3 is 2.76 bits per heavy atom. The van der Waals surface area contributed by atoms with Gasteiger partial charge in [-0.15, -0.1) is 0 Å². The van der Waals surface area contributed by atoms with Gasteiger partial charge in [-0.25, -0.2) is 9.97 Å². The van der Waals surface area contributed by atoms with E-state index in [1.807, 2.05) is 36.4 Å². The fourth-order valence-electron chi connectivity index (χ4n) is 3.98. The Kier molecular flexibility index (Phi) is 7.93. The van der Waals surface area contributed by atoms with Crippen molar-refractivity contribution in [3.8, 4) is 0 Å². The summed E-state index contributed by atoms with van der Waals surface area (Å²) in [5.74, 6) is 0.459. The highest BCUT2D eigenvalue weighted by molar-refractivity contribution is 5.95. The van der Waals surface area contributed by atoms with Crippen LogP contribution < -0.4 is 10.6 Å². The second-order valence-corrected chi connectivity index (χ2v) is 8.34. The number of benzene rings is 1. The predicted octanol–water partition coefficient (Wildman–Crippen LogP) is 3.63. The molecule has 3 aromatic rings. The van der Waals surface area contributed by atoms with Crippen molar-refractivity contribution < 1.29 is 9.53 Å². The van der Waals surface area contributed by atoms with Gasteiger partial charge in [-0.05, 0) is 42.5 Å². The Morgan fingerprint density at radius 2 is 2.03 bits per heavy atom. The molecule has 1 fully saturated rings. The van der Waals surface area contributed by atoms with Crippen LogP contribution in [-0.4, -0.2) is 61.2 Å². The standard InChI is InChI=1S/C26H30N6O2/c1-28-16-21(15-27)19-4-2-18(3-5-19)8-11-29-26(33)23-7-6-20-17-30-25(14-24(20)32-23)31-22-9-12-34-13-10-22/h2-7,14-17,21-22,27H,8-13H2,1H3,(H,29,33)(H,30,31). The quantitative estimate of drug-likeness (QED) is 0.424. The minimum Gasteiger partial charge on any atom is -0.381 e. The summed E-state index contributed by atoms with van der Waals surface area (Å²) in [7, 11) is 1.71. The number of ether oxygens (including phenoxy) is 1. The van der Waals surface area contributed by atoms with Crippen LogP contribution in [0.5, 0.6) is 0 Å². The van der Waals surface area contributed by atoms with Crippen LogP contribution in [0.1, 0.15) is 40.4 Å². The second-order valence-electron chi connectivity index (χ2n) is 8.34. The number of carbonyl (C=O) groups is 1. The largest absolute Gasteiger partial charge is 0.381 e. The van der Waals surface area contributed by atoms with E-state index in [0.717, 1.165) is 53.9 Å². The molecule has 0 radical (unpaired) electrons. The maximum absolute atomic E-state index is 12.7. The van der Waals surface area contributed by atoms with E-state index in [-0.39, 0.29) is 11.8 Å². The molecule has 1 aliphatic rings. The van der Waals surface area contributed by atoms with Crippen LogP contribution in [0.3, 0.4) is 0 Å². The Bertz CT molecular complexity index is 1160. The number of anilines is 1. The van der Waals surface area contributed by atoms with Gasteiger partial charge >= 0.3 is 0 Å². The number of fused-ring (bicyclic) bond motifs is 1. The van der Waals surface area contributed by atoms with E-state index in [1.54, 1.807) is 25.5 Å². The van der Waals surface area contributed by atoms with E-state index in [9.17, 15) is 4.79 Å². The molecule has 1 amide bonds. The van der Waals surface area contributed by atoms with E-state index in [1.165, 1.54) is 6.21 Å². The SMILES string of the molecule is CN=CC(C=N)c1ccc(CCNC(=O)c2ccc3cnc(NC4CCOCC4)cc3n2)cc1. The Hall–Kier alpha value is -3.65. The number of rotatable bonds is 9. The number of nitrogens with one attached hydrogen (secondary N) is 3. The lowest BCUT2D eigenvalue weighted by atomic mass is 9.99. The van der Waals surface area contributed by atoms with Gasteiger partial charge in [-0.2, -0.15) is 0 Å². The van der Waals surface area contributed by atoms with Crippen molar-refractivity contribution in [1.29, 1.82) is 5.41 Å². The lowest BCUT2D eigenvalue weighted by Crippen LogP contribution is -2.28. The van der Waals surface area contributed by atoms with Crippen molar-refractivity contribution in [2.24, 2.45) is 4.99 Å². The summed E-state index contributed by atoms with van der Waals surface area (Å²) in [6.07, 6.45) is 7.52. The highest BCUT2D eigenvalue weighted by Gasteiger charge is 2.15.